The quantitative estimate of drug-likeness (QED) is 0.608. The highest BCUT2D eigenvalue weighted by atomic mass is 16.6. The third-order valence-corrected chi connectivity index (χ3v) is 2.93. The summed E-state index contributed by atoms with van der Waals surface area (Å²) in [7, 11) is 0. The summed E-state index contributed by atoms with van der Waals surface area (Å²) in [6, 6.07) is 1.46. The molecule has 1 aliphatic rings. The molecule has 8 nitrogen and oxygen atoms in total. The van der Waals surface area contributed by atoms with Crippen molar-refractivity contribution in [2.45, 2.75) is 13.0 Å². The number of aromatic nitrogens is 1. The number of pyridine rings is 1. The highest BCUT2D eigenvalue weighted by molar-refractivity contribution is 5.79. The normalized spacial score (nSPS) is 19.2. The number of rotatable bonds is 3. The number of nitrogens with two attached hydrogens (primary N) is 1. The number of aryl methyl sites for hydroxylation is 1. The number of hydrogen-bond acceptors (Lipinski definition) is 6. The summed E-state index contributed by atoms with van der Waals surface area (Å²) in [5.74, 6) is 0.0874. The lowest BCUT2D eigenvalue weighted by Gasteiger charge is -2.32. The van der Waals surface area contributed by atoms with E-state index < -0.39 is 16.9 Å². The van der Waals surface area contributed by atoms with Crippen molar-refractivity contribution in [2.24, 2.45) is 5.73 Å². The minimum atomic E-state index is -0.676. The topological polar surface area (TPSA) is 112 Å². The minimum Gasteiger partial charge on any atom is -0.367 e. The van der Waals surface area contributed by atoms with Crippen LogP contribution < -0.4 is 10.6 Å². The van der Waals surface area contributed by atoms with Gasteiger partial charge in [0.25, 0.3) is 5.69 Å². The summed E-state index contributed by atoms with van der Waals surface area (Å²) in [6.45, 7) is 2.98. The van der Waals surface area contributed by atoms with Crippen LogP contribution >= 0.6 is 0 Å². The number of hydrogen-bond donors (Lipinski definition) is 1. The molecule has 0 spiro atoms. The van der Waals surface area contributed by atoms with E-state index in [1.54, 1.807) is 6.92 Å². The summed E-state index contributed by atoms with van der Waals surface area (Å²) >= 11 is 0. The van der Waals surface area contributed by atoms with Gasteiger partial charge >= 0.3 is 0 Å². The van der Waals surface area contributed by atoms with Gasteiger partial charge in [0.15, 0.2) is 6.10 Å². The van der Waals surface area contributed by atoms with Gasteiger partial charge in [0, 0.05) is 12.6 Å². The SMILES string of the molecule is Cc1cc([N+](=O)[O-])cnc1N1CCOC(C(N)=O)C1. The molecule has 0 bridgehead atoms. The fraction of sp³-hybridized carbons (Fsp3) is 0.455. The maximum absolute atomic E-state index is 11.1. The van der Waals surface area contributed by atoms with Gasteiger partial charge < -0.3 is 15.4 Å². The molecule has 2 heterocycles. The van der Waals surface area contributed by atoms with Gasteiger partial charge in [-0.1, -0.05) is 0 Å². The zero-order chi connectivity index (χ0) is 14.0. The second kappa shape index (κ2) is 5.19. The molecule has 0 saturated carbocycles. The maximum atomic E-state index is 11.1. The predicted octanol–water partition coefficient (Wildman–Crippen LogP) is -0.0113. The second-order valence-corrected chi connectivity index (χ2v) is 4.30. The summed E-state index contributed by atoms with van der Waals surface area (Å²) < 4.78 is 5.24. The van der Waals surface area contributed by atoms with Gasteiger partial charge in [-0.2, -0.15) is 0 Å². The molecule has 1 aliphatic heterocycles. The third-order valence-electron chi connectivity index (χ3n) is 2.93. The summed E-state index contributed by atoms with van der Waals surface area (Å²) in [5, 5.41) is 10.7. The highest BCUT2D eigenvalue weighted by Crippen LogP contribution is 2.23. The molecule has 1 unspecified atom stereocenters. The van der Waals surface area contributed by atoms with Crippen LogP contribution in [0.15, 0.2) is 12.3 Å². The molecule has 1 aromatic rings. The van der Waals surface area contributed by atoms with Gasteiger partial charge in [0.1, 0.15) is 12.0 Å². The van der Waals surface area contributed by atoms with Crippen LogP contribution in [0, 0.1) is 17.0 Å². The maximum Gasteiger partial charge on any atom is 0.287 e. The molecule has 1 amide bonds. The van der Waals surface area contributed by atoms with Gasteiger partial charge in [-0.05, 0) is 12.5 Å². The number of carbonyl (C=O) groups is 1. The Morgan fingerprint density at radius 3 is 3.00 bits per heavy atom. The Morgan fingerprint density at radius 2 is 2.42 bits per heavy atom. The zero-order valence-electron chi connectivity index (χ0n) is 10.4. The van der Waals surface area contributed by atoms with E-state index in [0.717, 1.165) is 0 Å². The Bertz CT molecular complexity index is 519. The molecule has 0 aromatic carbocycles. The fourth-order valence-electron chi connectivity index (χ4n) is 2.00. The summed E-state index contributed by atoms with van der Waals surface area (Å²) in [5.41, 5.74) is 5.83. The Morgan fingerprint density at radius 1 is 1.68 bits per heavy atom. The van der Waals surface area contributed by atoms with Crippen molar-refractivity contribution in [3.8, 4) is 0 Å². The first-order chi connectivity index (χ1) is 8.99. The molecule has 19 heavy (non-hydrogen) atoms. The lowest BCUT2D eigenvalue weighted by atomic mass is 10.2. The molecule has 2 N–H and O–H groups in total. The zero-order valence-corrected chi connectivity index (χ0v) is 10.4. The van der Waals surface area contributed by atoms with Crippen LogP contribution in [0.3, 0.4) is 0 Å². The van der Waals surface area contributed by atoms with Crippen molar-refractivity contribution >= 4 is 17.4 Å². The number of anilines is 1. The summed E-state index contributed by atoms with van der Waals surface area (Å²) in [6.07, 6.45) is 0.530. The molecule has 0 aliphatic carbocycles. The molecule has 1 aromatic heterocycles. The minimum absolute atomic E-state index is 0.0547. The average molecular weight is 266 g/mol. The van der Waals surface area contributed by atoms with E-state index in [1.165, 1.54) is 12.3 Å². The van der Waals surface area contributed by atoms with E-state index in [1.807, 2.05) is 4.90 Å². The monoisotopic (exact) mass is 266 g/mol. The van der Waals surface area contributed by atoms with Crippen LogP contribution in [-0.4, -0.2) is 41.6 Å². The molecule has 8 heteroatoms. The van der Waals surface area contributed by atoms with Crippen molar-refractivity contribution in [3.63, 3.8) is 0 Å². The Labute approximate surface area is 109 Å². The molecule has 1 saturated heterocycles. The first-order valence-corrected chi connectivity index (χ1v) is 5.76. The Kier molecular flexibility index (Phi) is 3.61. The largest absolute Gasteiger partial charge is 0.367 e. The van der Waals surface area contributed by atoms with E-state index in [-0.39, 0.29) is 5.69 Å². The first kappa shape index (κ1) is 13.2. The number of ether oxygens (including phenoxy) is 1. The molecule has 0 radical (unpaired) electrons. The van der Waals surface area contributed by atoms with Crippen molar-refractivity contribution in [1.29, 1.82) is 0 Å². The first-order valence-electron chi connectivity index (χ1n) is 5.76. The molecule has 102 valence electrons. The number of amides is 1. The number of nitrogens with zero attached hydrogens (tertiary/aromatic N) is 3. The molecule has 2 rings (SSSR count). The predicted molar refractivity (Wildman–Crippen MR) is 66.8 cm³/mol. The van der Waals surface area contributed by atoms with Gasteiger partial charge in [-0.25, -0.2) is 4.98 Å². The van der Waals surface area contributed by atoms with Crippen LogP contribution in [0.2, 0.25) is 0 Å². The van der Waals surface area contributed by atoms with E-state index in [4.69, 9.17) is 10.5 Å². The molecular formula is C11H14N4O4. The highest BCUT2D eigenvalue weighted by Gasteiger charge is 2.26. The van der Waals surface area contributed by atoms with Gasteiger partial charge in [-0.3, -0.25) is 14.9 Å². The fourth-order valence-corrected chi connectivity index (χ4v) is 2.00. The van der Waals surface area contributed by atoms with Gasteiger partial charge in [0.05, 0.1) is 18.1 Å². The smallest absolute Gasteiger partial charge is 0.287 e. The third kappa shape index (κ3) is 2.79. The lowest BCUT2D eigenvalue weighted by Crippen LogP contribution is -2.48. The van der Waals surface area contributed by atoms with Crippen molar-refractivity contribution < 1.29 is 14.5 Å². The number of nitro groups is 1. The van der Waals surface area contributed by atoms with Crippen molar-refractivity contribution in [2.75, 3.05) is 24.6 Å². The van der Waals surface area contributed by atoms with Gasteiger partial charge in [-0.15, -0.1) is 0 Å². The second-order valence-electron chi connectivity index (χ2n) is 4.30. The molecule has 1 atom stereocenters. The number of primary amides is 1. The summed E-state index contributed by atoms with van der Waals surface area (Å²) in [4.78, 5) is 27.2. The number of morpholine rings is 1. The van der Waals surface area contributed by atoms with Crippen LogP contribution in [0.4, 0.5) is 11.5 Å². The van der Waals surface area contributed by atoms with Crippen LogP contribution in [0.25, 0.3) is 0 Å². The van der Waals surface area contributed by atoms with Crippen LogP contribution in [0.5, 0.6) is 0 Å². The number of carbonyl (C=O) groups excluding carboxylic acids is 1. The van der Waals surface area contributed by atoms with E-state index >= 15 is 0 Å². The van der Waals surface area contributed by atoms with E-state index in [9.17, 15) is 14.9 Å². The Hall–Kier alpha value is -2.22. The van der Waals surface area contributed by atoms with Crippen LogP contribution in [-0.2, 0) is 9.53 Å². The van der Waals surface area contributed by atoms with E-state index in [2.05, 4.69) is 4.98 Å². The van der Waals surface area contributed by atoms with Crippen molar-refractivity contribution in [1.82, 2.24) is 4.98 Å². The Balaban J connectivity index is 2.22. The van der Waals surface area contributed by atoms with Gasteiger partial charge in [0.2, 0.25) is 5.91 Å². The molecule has 1 fully saturated rings. The molecular weight excluding hydrogens is 252 g/mol. The van der Waals surface area contributed by atoms with E-state index in [0.29, 0.717) is 31.1 Å². The lowest BCUT2D eigenvalue weighted by molar-refractivity contribution is -0.385. The van der Waals surface area contributed by atoms with Crippen LogP contribution in [0.1, 0.15) is 5.56 Å². The van der Waals surface area contributed by atoms with Crippen molar-refractivity contribution in [3.05, 3.63) is 27.9 Å². The standard InChI is InChI=1S/C11H14N4O4/c1-7-4-8(15(17)18)5-13-11(7)14-2-3-19-9(6-14)10(12)16/h4-5,9H,2-3,6H2,1H3,(H2,12,16). The average Bonchev–Trinajstić information content (AvgIpc) is 2.38.